The minimum absolute atomic E-state index is 0.325. The Bertz CT molecular complexity index is 761. The van der Waals surface area contributed by atoms with Crippen molar-refractivity contribution in [1.29, 1.82) is 0 Å². The van der Waals surface area contributed by atoms with Crippen LogP contribution in [0.2, 0.25) is 0 Å². The molecule has 104 valence electrons. The lowest BCUT2D eigenvalue weighted by atomic mass is 10.2. The summed E-state index contributed by atoms with van der Waals surface area (Å²) >= 11 is 5.79. The topological polar surface area (TPSA) is 46.5 Å². The van der Waals surface area contributed by atoms with E-state index in [-0.39, 0.29) is 5.17 Å². The van der Waals surface area contributed by atoms with E-state index in [9.17, 15) is 17.2 Å². The summed E-state index contributed by atoms with van der Waals surface area (Å²) in [7, 11) is -4.42. The molecule has 0 heterocycles. The molecule has 0 saturated carbocycles. The first-order chi connectivity index (χ1) is 9.40. The minimum Gasteiger partial charge on any atom is -0.207 e. The van der Waals surface area contributed by atoms with Crippen molar-refractivity contribution in [3.8, 4) is 0 Å². The fourth-order valence-corrected chi connectivity index (χ4v) is 2.85. The van der Waals surface area contributed by atoms with Crippen molar-refractivity contribution < 1.29 is 17.2 Å². The lowest BCUT2D eigenvalue weighted by molar-refractivity contribution is 0.554. The van der Waals surface area contributed by atoms with Gasteiger partial charge < -0.3 is 0 Å². The molecule has 3 nitrogen and oxygen atoms in total. The van der Waals surface area contributed by atoms with Crippen LogP contribution in [-0.2, 0) is 10.0 Å². The van der Waals surface area contributed by atoms with Crippen LogP contribution < -0.4 is 0 Å². The average molecular weight is 316 g/mol. The Labute approximate surface area is 119 Å². The molecule has 0 aromatic heterocycles. The second-order valence-corrected chi connectivity index (χ2v) is 5.73. The van der Waals surface area contributed by atoms with Gasteiger partial charge >= 0.3 is 0 Å². The van der Waals surface area contributed by atoms with Crippen molar-refractivity contribution in [2.24, 2.45) is 4.40 Å². The number of halogens is 3. The number of hydrogen-bond acceptors (Lipinski definition) is 2. The summed E-state index contributed by atoms with van der Waals surface area (Å²) in [6.07, 6.45) is 0. The summed E-state index contributed by atoms with van der Waals surface area (Å²) < 4.78 is 53.6. The highest BCUT2D eigenvalue weighted by molar-refractivity contribution is 7.90. The van der Waals surface area contributed by atoms with Gasteiger partial charge in [0.05, 0.1) is 0 Å². The third-order valence-electron chi connectivity index (χ3n) is 2.38. The molecular weight excluding hydrogens is 308 g/mol. The van der Waals surface area contributed by atoms with E-state index in [0.29, 0.717) is 17.7 Å². The van der Waals surface area contributed by atoms with E-state index in [0.717, 1.165) is 6.07 Å². The molecule has 0 spiro atoms. The third-order valence-corrected chi connectivity index (χ3v) is 4.08. The predicted molar refractivity (Wildman–Crippen MR) is 72.4 cm³/mol. The third kappa shape index (κ3) is 3.20. The van der Waals surface area contributed by atoms with Crippen molar-refractivity contribution >= 4 is 26.8 Å². The van der Waals surface area contributed by atoms with Crippen LogP contribution in [0.4, 0.5) is 8.78 Å². The quantitative estimate of drug-likeness (QED) is 0.816. The van der Waals surface area contributed by atoms with Crippen LogP contribution in [0.5, 0.6) is 0 Å². The Balaban J connectivity index is 2.49. The van der Waals surface area contributed by atoms with Gasteiger partial charge in [0.2, 0.25) is 0 Å². The number of rotatable bonds is 3. The Morgan fingerprint density at radius 2 is 1.70 bits per heavy atom. The summed E-state index contributed by atoms with van der Waals surface area (Å²) in [4.78, 5) is -0.855. The minimum atomic E-state index is -4.42. The first-order valence-electron chi connectivity index (χ1n) is 5.41. The molecule has 0 N–H and O–H groups in total. The molecule has 0 aliphatic rings. The second kappa shape index (κ2) is 5.68. The lowest BCUT2D eigenvalue weighted by Crippen LogP contribution is -2.04. The zero-order valence-corrected chi connectivity index (χ0v) is 11.5. The summed E-state index contributed by atoms with van der Waals surface area (Å²) in [6, 6.07) is 10.2. The molecule has 0 aliphatic carbocycles. The number of hydrogen-bond donors (Lipinski definition) is 0. The van der Waals surface area contributed by atoms with Crippen LogP contribution in [0.3, 0.4) is 0 Å². The molecule has 20 heavy (non-hydrogen) atoms. The summed E-state index contributed by atoms with van der Waals surface area (Å²) in [5.41, 5.74) is 0.356. The second-order valence-electron chi connectivity index (χ2n) is 3.80. The average Bonchev–Trinajstić information content (AvgIpc) is 2.42. The predicted octanol–water partition coefficient (Wildman–Crippen LogP) is 3.34. The zero-order chi connectivity index (χ0) is 14.8. The van der Waals surface area contributed by atoms with E-state index in [1.165, 1.54) is 0 Å². The number of benzene rings is 2. The molecule has 0 aliphatic heterocycles. The Hall–Kier alpha value is -1.79. The van der Waals surface area contributed by atoms with Gasteiger partial charge in [-0.2, -0.15) is 8.42 Å². The Kier molecular flexibility index (Phi) is 4.15. The maximum absolute atomic E-state index is 13.5. The lowest BCUT2D eigenvalue weighted by Gasteiger charge is -2.02. The summed E-state index contributed by atoms with van der Waals surface area (Å²) in [6.45, 7) is 0. The largest absolute Gasteiger partial charge is 0.286 e. The highest BCUT2D eigenvalue weighted by atomic mass is 35.5. The highest BCUT2D eigenvalue weighted by Gasteiger charge is 2.20. The van der Waals surface area contributed by atoms with Crippen molar-refractivity contribution in [3.63, 3.8) is 0 Å². The fourth-order valence-electron chi connectivity index (χ4n) is 1.46. The van der Waals surface area contributed by atoms with E-state index < -0.39 is 26.6 Å². The van der Waals surface area contributed by atoms with Gasteiger partial charge in [0.25, 0.3) is 10.0 Å². The van der Waals surface area contributed by atoms with Gasteiger partial charge in [0, 0.05) is 5.56 Å². The monoisotopic (exact) mass is 315 g/mol. The van der Waals surface area contributed by atoms with E-state index in [1.807, 2.05) is 0 Å². The smallest absolute Gasteiger partial charge is 0.207 e. The molecule has 0 unspecified atom stereocenters. The van der Waals surface area contributed by atoms with Crippen molar-refractivity contribution in [2.45, 2.75) is 4.90 Å². The molecule has 0 amide bonds. The molecule has 0 bridgehead atoms. The molecule has 2 aromatic rings. The van der Waals surface area contributed by atoms with E-state index >= 15 is 0 Å². The van der Waals surface area contributed by atoms with Crippen LogP contribution in [0, 0.1) is 11.6 Å². The van der Waals surface area contributed by atoms with Crippen LogP contribution in [0.15, 0.2) is 57.8 Å². The summed E-state index contributed by atoms with van der Waals surface area (Å²) in [5.74, 6) is -1.97. The molecule has 2 aromatic carbocycles. The molecule has 2 rings (SSSR count). The normalized spacial score (nSPS) is 12.4. The van der Waals surface area contributed by atoms with Gasteiger partial charge in [0.1, 0.15) is 21.7 Å². The van der Waals surface area contributed by atoms with Crippen molar-refractivity contribution in [1.82, 2.24) is 0 Å². The standard InChI is InChI=1S/C13H8ClF2NO2S/c14-13(9-4-2-1-3-5-9)17-20(18,19)12-8-10(15)6-7-11(12)16/h1-8H/b17-13+. The Morgan fingerprint density at radius 1 is 1.05 bits per heavy atom. The Morgan fingerprint density at radius 3 is 2.35 bits per heavy atom. The SMILES string of the molecule is O=S(=O)(/N=C(/Cl)c1ccccc1)c1cc(F)ccc1F. The van der Waals surface area contributed by atoms with Gasteiger partial charge in [-0.3, -0.25) is 0 Å². The fraction of sp³-hybridized carbons (Fsp3) is 0. The van der Waals surface area contributed by atoms with Gasteiger partial charge in [-0.25, -0.2) is 8.78 Å². The molecule has 7 heteroatoms. The zero-order valence-electron chi connectivity index (χ0n) is 9.92. The van der Waals surface area contributed by atoms with E-state index in [4.69, 9.17) is 11.6 Å². The van der Waals surface area contributed by atoms with Crippen LogP contribution >= 0.6 is 11.6 Å². The van der Waals surface area contributed by atoms with Gasteiger partial charge in [0.15, 0.2) is 0 Å². The molecule has 0 fully saturated rings. The highest BCUT2D eigenvalue weighted by Crippen LogP contribution is 2.19. The van der Waals surface area contributed by atoms with Crippen LogP contribution in [0.25, 0.3) is 0 Å². The molecule has 0 atom stereocenters. The molecule has 0 saturated heterocycles. The van der Waals surface area contributed by atoms with Crippen molar-refractivity contribution in [3.05, 3.63) is 65.7 Å². The molecular formula is C13H8ClF2NO2S. The van der Waals surface area contributed by atoms with Crippen molar-refractivity contribution in [2.75, 3.05) is 0 Å². The summed E-state index contributed by atoms with van der Waals surface area (Å²) in [5, 5.41) is -0.325. The molecule has 0 radical (unpaired) electrons. The first-order valence-corrected chi connectivity index (χ1v) is 7.23. The van der Waals surface area contributed by atoms with Gasteiger partial charge in [-0.1, -0.05) is 41.9 Å². The maximum atomic E-state index is 13.5. The number of nitrogens with zero attached hydrogens (tertiary/aromatic N) is 1. The number of sulfonamides is 1. The van der Waals surface area contributed by atoms with Gasteiger partial charge in [-0.15, -0.1) is 4.40 Å². The maximum Gasteiger partial charge on any atom is 0.286 e. The first kappa shape index (κ1) is 14.6. The van der Waals surface area contributed by atoms with Crippen LogP contribution in [-0.4, -0.2) is 13.6 Å². The van der Waals surface area contributed by atoms with E-state index in [2.05, 4.69) is 4.40 Å². The van der Waals surface area contributed by atoms with Gasteiger partial charge in [-0.05, 0) is 18.2 Å². The van der Waals surface area contributed by atoms with E-state index in [1.54, 1.807) is 30.3 Å². The van der Waals surface area contributed by atoms with Crippen LogP contribution in [0.1, 0.15) is 5.56 Å².